The summed E-state index contributed by atoms with van der Waals surface area (Å²) in [6, 6.07) is 8.70. The minimum absolute atomic E-state index is 0.284. The summed E-state index contributed by atoms with van der Waals surface area (Å²) < 4.78 is 0. The van der Waals surface area contributed by atoms with Crippen molar-refractivity contribution in [2.24, 2.45) is 0 Å². The van der Waals surface area contributed by atoms with Crippen molar-refractivity contribution in [3.63, 3.8) is 0 Å². The first kappa shape index (κ1) is 13.1. The fourth-order valence-electron chi connectivity index (χ4n) is 1.56. The quantitative estimate of drug-likeness (QED) is 0.532. The Bertz CT molecular complexity index is 261. The summed E-state index contributed by atoms with van der Waals surface area (Å²) in [4.78, 5) is 0. The lowest BCUT2D eigenvalue weighted by Crippen LogP contribution is -2.13. The molecular formula is C12H20O2. The van der Waals surface area contributed by atoms with E-state index in [2.05, 4.69) is 52.0 Å². The molecule has 2 N–H and O–H groups in total. The lowest BCUT2D eigenvalue weighted by atomic mass is 9.83. The topological polar surface area (TPSA) is 40.5 Å². The molecule has 0 atom stereocenters. The summed E-state index contributed by atoms with van der Waals surface area (Å²) >= 11 is 0. The molecule has 0 bridgehead atoms. The highest BCUT2D eigenvalue weighted by molar-refractivity contribution is 5.32. The van der Waals surface area contributed by atoms with Crippen LogP contribution in [0.15, 0.2) is 24.3 Å². The van der Waals surface area contributed by atoms with Crippen molar-refractivity contribution in [2.75, 3.05) is 0 Å². The average Bonchev–Trinajstić information content (AvgIpc) is 2.19. The second-order valence-corrected chi connectivity index (χ2v) is 4.26. The van der Waals surface area contributed by atoms with Crippen molar-refractivity contribution in [3.8, 4) is 0 Å². The maximum Gasteiger partial charge on any atom is -0.0129 e. The Kier molecular flexibility index (Phi) is 5.43. The van der Waals surface area contributed by atoms with E-state index < -0.39 is 0 Å². The normalized spacial score (nSPS) is 10.4. The number of aryl methyl sites for hydroxylation is 1. The summed E-state index contributed by atoms with van der Waals surface area (Å²) in [5, 5.41) is 12.0. The maximum atomic E-state index is 6.00. The predicted octanol–water partition coefficient (Wildman–Crippen LogP) is 3.56. The van der Waals surface area contributed by atoms with Gasteiger partial charge in [0.2, 0.25) is 0 Å². The van der Waals surface area contributed by atoms with Crippen molar-refractivity contribution in [2.45, 2.75) is 39.5 Å². The Morgan fingerprint density at radius 2 is 1.57 bits per heavy atom. The van der Waals surface area contributed by atoms with E-state index in [-0.39, 0.29) is 5.41 Å². The molecule has 0 unspecified atom stereocenters. The van der Waals surface area contributed by atoms with Gasteiger partial charge in [-0.25, -0.2) is 0 Å². The van der Waals surface area contributed by atoms with Crippen LogP contribution in [0.1, 0.15) is 38.8 Å². The van der Waals surface area contributed by atoms with E-state index in [4.69, 9.17) is 10.5 Å². The largest absolute Gasteiger partial charge is 0.255 e. The number of benzene rings is 1. The molecule has 1 rings (SSSR count). The highest BCUT2D eigenvalue weighted by Crippen LogP contribution is 2.25. The van der Waals surface area contributed by atoms with Gasteiger partial charge in [0.05, 0.1) is 0 Å². The zero-order valence-corrected chi connectivity index (χ0v) is 9.41. The molecule has 2 nitrogen and oxygen atoms in total. The Balaban J connectivity index is 0.000000791. The molecule has 0 heterocycles. The van der Waals surface area contributed by atoms with Gasteiger partial charge < -0.3 is 0 Å². The summed E-state index contributed by atoms with van der Waals surface area (Å²) in [7, 11) is 0. The average molecular weight is 196 g/mol. The van der Waals surface area contributed by atoms with Crippen LogP contribution in [0.5, 0.6) is 0 Å². The van der Waals surface area contributed by atoms with Crippen LogP contribution in [0.2, 0.25) is 0 Å². The molecule has 0 aliphatic heterocycles. The molecule has 80 valence electrons. The second kappa shape index (κ2) is 5.78. The summed E-state index contributed by atoms with van der Waals surface area (Å²) in [6.45, 7) is 9.01. The van der Waals surface area contributed by atoms with Crippen molar-refractivity contribution in [3.05, 3.63) is 35.4 Å². The number of hydrogen-bond acceptors (Lipinski definition) is 2. The van der Waals surface area contributed by atoms with Gasteiger partial charge in [-0.1, -0.05) is 52.0 Å². The van der Waals surface area contributed by atoms with Gasteiger partial charge in [-0.05, 0) is 23.0 Å². The molecule has 0 saturated heterocycles. The van der Waals surface area contributed by atoms with Crippen molar-refractivity contribution < 1.29 is 10.5 Å². The van der Waals surface area contributed by atoms with E-state index >= 15 is 0 Å². The lowest BCUT2D eigenvalue weighted by Gasteiger charge is -2.22. The Morgan fingerprint density at radius 3 is 1.93 bits per heavy atom. The molecular weight excluding hydrogens is 176 g/mol. The van der Waals surface area contributed by atoms with Crippen LogP contribution >= 0.6 is 0 Å². The van der Waals surface area contributed by atoms with Crippen LogP contribution in [0.4, 0.5) is 0 Å². The smallest absolute Gasteiger partial charge is 0.0129 e. The molecule has 2 heteroatoms. The molecule has 0 saturated carbocycles. The van der Waals surface area contributed by atoms with Gasteiger partial charge in [0.25, 0.3) is 0 Å². The fraction of sp³-hybridized carbons (Fsp3) is 0.500. The zero-order chi connectivity index (χ0) is 11.2. The van der Waals surface area contributed by atoms with Crippen molar-refractivity contribution >= 4 is 0 Å². The Morgan fingerprint density at radius 1 is 1.07 bits per heavy atom. The van der Waals surface area contributed by atoms with Gasteiger partial charge >= 0.3 is 0 Å². The molecule has 0 amide bonds. The molecule has 1 aromatic rings. The summed E-state index contributed by atoms with van der Waals surface area (Å²) in [5.41, 5.74) is 3.24. The van der Waals surface area contributed by atoms with E-state index in [0.717, 1.165) is 6.42 Å². The highest BCUT2D eigenvalue weighted by atomic mass is 17.0. The molecule has 0 radical (unpaired) electrons. The number of rotatable bonds is 1. The molecule has 0 aliphatic carbocycles. The SMILES string of the molecule is CCc1ccccc1C(C)(C)C.OO. The third-order valence-corrected chi connectivity index (χ3v) is 2.21. The molecule has 0 aliphatic rings. The second-order valence-electron chi connectivity index (χ2n) is 4.26. The maximum absolute atomic E-state index is 6.00. The summed E-state index contributed by atoms with van der Waals surface area (Å²) in [6.07, 6.45) is 1.13. The van der Waals surface area contributed by atoms with E-state index in [0.29, 0.717) is 0 Å². The molecule has 0 fully saturated rings. The third-order valence-electron chi connectivity index (χ3n) is 2.21. The standard InChI is InChI=1S/C12H18.H2O2/c1-5-10-8-6-7-9-11(10)12(2,3)4;1-2/h6-9H,5H2,1-4H3;1-2H. The van der Waals surface area contributed by atoms with E-state index in [1.807, 2.05) is 0 Å². The first-order valence-corrected chi connectivity index (χ1v) is 4.84. The van der Waals surface area contributed by atoms with Crippen molar-refractivity contribution in [1.82, 2.24) is 0 Å². The lowest BCUT2D eigenvalue weighted by molar-refractivity contribution is -0.176. The number of hydrogen-bond donors (Lipinski definition) is 2. The highest BCUT2D eigenvalue weighted by Gasteiger charge is 2.15. The zero-order valence-electron chi connectivity index (χ0n) is 9.41. The Hall–Kier alpha value is -0.860. The van der Waals surface area contributed by atoms with Gasteiger partial charge in [0.15, 0.2) is 0 Å². The van der Waals surface area contributed by atoms with E-state index in [1.165, 1.54) is 11.1 Å². The van der Waals surface area contributed by atoms with Gasteiger partial charge in [-0.3, -0.25) is 10.5 Å². The minimum atomic E-state index is 0.284. The molecule has 0 spiro atoms. The predicted molar refractivity (Wildman–Crippen MR) is 59.8 cm³/mol. The fourth-order valence-corrected chi connectivity index (χ4v) is 1.56. The van der Waals surface area contributed by atoms with Gasteiger partial charge in [-0.2, -0.15) is 0 Å². The van der Waals surface area contributed by atoms with E-state index in [1.54, 1.807) is 0 Å². The first-order valence-electron chi connectivity index (χ1n) is 4.84. The van der Waals surface area contributed by atoms with Crippen LogP contribution in [0.25, 0.3) is 0 Å². The van der Waals surface area contributed by atoms with Crippen molar-refractivity contribution in [1.29, 1.82) is 0 Å². The monoisotopic (exact) mass is 196 g/mol. The minimum Gasteiger partial charge on any atom is -0.255 e. The van der Waals surface area contributed by atoms with Gasteiger partial charge in [-0.15, -0.1) is 0 Å². The van der Waals surface area contributed by atoms with E-state index in [9.17, 15) is 0 Å². The van der Waals surface area contributed by atoms with Crippen LogP contribution < -0.4 is 0 Å². The summed E-state index contributed by atoms with van der Waals surface area (Å²) in [5.74, 6) is 0. The van der Waals surface area contributed by atoms with Crippen LogP contribution in [0.3, 0.4) is 0 Å². The molecule has 0 aromatic heterocycles. The molecule has 1 aromatic carbocycles. The Labute approximate surface area is 86.1 Å². The van der Waals surface area contributed by atoms with Crippen LogP contribution in [-0.4, -0.2) is 10.5 Å². The van der Waals surface area contributed by atoms with Crippen LogP contribution in [-0.2, 0) is 11.8 Å². The third kappa shape index (κ3) is 3.48. The van der Waals surface area contributed by atoms with Crippen LogP contribution in [0, 0.1) is 0 Å². The first-order chi connectivity index (χ1) is 6.55. The molecule has 14 heavy (non-hydrogen) atoms. The van der Waals surface area contributed by atoms with Gasteiger partial charge in [0.1, 0.15) is 0 Å². The van der Waals surface area contributed by atoms with Gasteiger partial charge in [0, 0.05) is 0 Å².